The highest BCUT2D eigenvalue weighted by atomic mass is 16.3. The van der Waals surface area contributed by atoms with E-state index in [0.29, 0.717) is 5.56 Å². The second-order valence-electron chi connectivity index (χ2n) is 11.4. The molecule has 0 radical (unpaired) electrons. The lowest BCUT2D eigenvalue weighted by Crippen LogP contribution is -2.37. The van der Waals surface area contributed by atoms with Gasteiger partial charge in [0.2, 0.25) is 0 Å². The molecule has 5 nitrogen and oxygen atoms in total. The molecule has 6 aromatic carbocycles. The van der Waals surface area contributed by atoms with Crippen LogP contribution in [0.2, 0.25) is 0 Å². The zero-order valence-electron chi connectivity index (χ0n) is 23.7. The summed E-state index contributed by atoms with van der Waals surface area (Å²) in [5.41, 5.74) is 10.2. The molecule has 2 unspecified atom stereocenters. The number of rotatable bonds is 3. The van der Waals surface area contributed by atoms with Gasteiger partial charge in [-0.25, -0.2) is 0 Å². The molecular formula is C39H26N4O. The van der Waals surface area contributed by atoms with Crippen LogP contribution in [0.3, 0.4) is 0 Å². The molecule has 1 aliphatic rings. The Morgan fingerprint density at radius 1 is 0.659 bits per heavy atom. The van der Waals surface area contributed by atoms with Gasteiger partial charge >= 0.3 is 0 Å². The van der Waals surface area contributed by atoms with Crippen molar-refractivity contribution in [2.45, 2.75) is 12.2 Å². The third kappa shape index (κ3) is 3.69. The number of fused-ring (bicyclic) bond motifs is 8. The summed E-state index contributed by atoms with van der Waals surface area (Å²) in [4.78, 5) is 0. The Hall–Kier alpha value is -5.83. The van der Waals surface area contributed by atoms with Crippen LogP contribution >= 0.6 is 0 Å². The molecule has 1 aliphatic heterocycles. The maximum atomic E-state index is 9.59. The van der Waals surface area contributed by atoms with Crippen molar-refractivity contribution in [3.8, 4) is 11.8 Å². The number of nitrogens with zero attached hydrogens (tertiary/aromatic N) is 2. The van der Waals surface area contributed by atoms with Crippen LogP contribution in [0.15, 0.2) is 138 Å². The fourth-order valence-corrected chi connectivity index (χ4v) is 6.91. The standard InChI is InChI=1S/C39H26N4O/c40-23-24-14-19-30-32(22-24)41-39(26-8-2-1-3-9-26)42-37(30)25-15-17-27(18-16-25)43-33-12-6-4-10-28(33)29-20-21-35-36(38(29)43)31-11-5-7-13-34(31)44-35/h1-22,37,39,41-42H. The number of hydrogen-bond acceptors (Lipinski definition) is 4. The smallest absolute Gasteiger partial charge is 0.137 e. The number of hydrogen-bond donors (Lipinski definition) is 2. The molecule has 0 amide bonds. The average Bonchev–Trinajstić information content (AvgIpc) is 3.64. The van der Waals surface area contributed by atoms with Gasteiger partial charge in [0.15, 0.2) is 0 Å². The topological polar surface area (TPSA) is 65.9 Å². The van der Waals surface area contributed by atoms with Crippen LogP contribution in [0, 0.1) is 11.3 Å². The van der Waals surface area contributed by atoms with Crippen molar-refractivity contribution < 1.29 is 4.42 Å². The lowest BCUT2D eigenvalue weighted by Gasteiger charge is -2.35. The van der Waals surface area contributed by atoms with Gasteiger partial charge in [-0.2, -0.15) is 5.26 Å². The predicted molar refractivity (Wildman–Crippen MR) is 177 cm³/mol. The first-order chi connectivity index (χ1) is 21.8. The number of furan rings is 1. The zero-order valence-corrected chi connectivity index (χ0v) is 23.7. The molecule has 2 aromatic heterocycles. The molecule has 8 aromatic rings. The third-order valence-corrected chi connectivity index (χ3v) is 8.92. The molecule has 0 fully saturated rings. The van der Waals surface area contributed by atoms with Gasteiger partial charge in [0, 0.05) is 27.5 Å². The van der Waals surface area contributed by atoms with Gasteiger partial charge in [0.1, 0.15) is 17.3 Å². The largest absolute Gasteiger partial charge is 0.456 e. The Bertz CT molecular complexity index is 2410. The SMILES string of the molecule is N#Cc1ccc2c(c1)NC(c1ccccc1)NC2c1ccc(-n2c3ccccc3c3ccc4oc5ccccc5c4c32)cc1. The minimum atomic E-state index is -0.0951. The second kappa shape index (κ2) is 9.60. The number of nitrogens with one attached hydrogen (secondary N) is 2. The molecule has 2 atom stereocenters. The Morgan fingerprint density at radius 2 is 1.43 bits per heavy atom. The van der Waals surface area contributed by atoms with Gasteiger partial charge in [-0.15, -0.1) is 0 Å². The highest BCUT2D eigenvalue weighted by Crippen LogP contribution is 2.42. The van der Waals surface area contributed by atoms with E-state index in [2.05, 4.69) is 124 Å². The summed E-state index contributed by atoms with van der Waals surface area (Å²) < 4.78 is 8.66. The summed E-state index contributed by atoms with van der Waals surface area (Å²) in [6, 6.07) is 48.5. The molecule has 5 heteroatoms. The molecule has 0 saturated heterocycles. The summed E-state index contributed by atoms with van der Waals surface area (Å²) in [6.45, 7) is 0. The maximum absolute atomic E-state index is 9.59. The van der Waals surface area contributed by atoms with Crippen molar-refractivity contribution in [1.82, 2.24) is 9.88 Å². The zero-order chi connectivity index (χ0) is 29.2. The Morgan fingerprint density at radius 3 is 2.27 bits per heavy atom. The molecular weight excluding hydrogens is 540 g/mol. The molecule has 2 N–H and O–H groups in total. The van der Waals surface area contributed by atoms with Gasteiger partial charge in [0.25, 0.3) is 0 Å². The lowest BCUT2D eigenvalue weighted by atomic mass is 9.92. The van der Waals surface area contributed by atoms with E-state index in [4.69, 9.17) is 4.42 Å². The molecule has 44 heavy (non-hydrogen) atoms. The third-order valence-electron chi connectivity index (χ3n) is 8.92. The highest BCUT2D eigenvalue weighted by Gasteiger charge is 2.28. The fourth-order valence-electron chi connectivity index (χ4n) is 6.91. The number of para-hydroxylation sites is 2. The summed E-state index contributed by atoms with van der Waals surface area (Å²) in [7, 11) is 0. The normalized spacial score (nSPS) is 16.2. The van der Waals surface area contributed by atoms with Gasteiger partial charge in [-0.3, -0.25) is 5.32 Å². The van der Waals surface area contributed by atoms with E-state index < -0.39 is 0 Å². The van der Waals surface area contributed by atoms with Crippen molar-refractivity contribution in [3.05, 3.63) is 156 Å². The summed E-state index contributed by atoms with van der Waals surface area (Å²) >= 11 is 0. The summed E-state index contributed by atoms with van der Waals surface area (Å²) in [6.07, 6.45) is -0.0951. The van der Waals surface area contributed by atoms with E-state index in [0.717, 1.165) is 61.0 Å². The fraction of sp³-hybridized carbons (Fsp3) is 0.0513. The van der Waals surface area contributed by atoms with E-state index in [1.807, 2.05) is 30.3 Å². The number of anilines is 1. The average molecular weight is 567 g/mol. The van der Waals surface area contributed by atoms with Gasteiger partial charge < -0.3 is 14.3 Å². The minimum Gasteiger partial charge on any atom is -0.456 e. The van der Waals surface area contributed by atoms with Crippen LogP contribution < -0.4 is 10.6 Å². The highest BCUT2D eigenvalue weighted by molar-refractivity contribution is 6.24. The number of nitriles is 1. The Balaban J connectivity index is 1.22. The number of benzene rings is 6. The number of aromatic nitrogens is 1. The van der Waals surface area contributed by atoms with Crippen molar-refractivity contribution in [2.24, 2.45) is 0 Å². The van der Waals surface area contributed by atoms with Crippen molar-refractivity contribution in [1.29, 1.82) is 5.26 Å². The molecule has 0 bridgehead atoms. The molecule has 0 aliphatic carbocycles. The minimum absolute atomic E-state index is 0.0547. The van der Waals surface area contributed by atoms with E-state index in [1.54, 1.807) is 0 Å². The summed E-state index contributed by atoms with van der Waals surface area (Å²) in [5, 5.41) is 21.7. The van der Waals surface area contributed by atoms with E-state index >= 15 is 0 Å². The van der Waals surface area contributed by atoms with Crippen molar-refractivity contribution in [2.75, 3.05) is 5.32 Å². The predicted octanol–water partition coefficient (Wildman–Crippen LogP) is 9.36. The lowest BCUT2D eigenvalue weighted by molar-refractivity contribution is 0.506. The Kier molecular flexibility index (Phi) is 5.40. The quantitative estimate of drug-likeness (QED) is 0.224. The molecule has 208 valence electrons. The van der Waals surface area contributed by atoms with Crippen molar-refractivity contribution >= 4 is 49.4 Å². The first-order valence-electron chi connectivity index (χ1n) is 14.8. The Labute approximate surface area is 253 Å². The summed E-state index contributed by atoms with van der Waals surface area (Å²) in [5.74, 6) is 0. The van der Waals surface area contributed by atoms with Crippen LogP contribution in [0.5, 0.6) is 0 Å². The van der Waals surface area contributed by atoms with Crippen LogP contribution in [-0.2, 0) is 0 Å². The van der Waals surface area contributed by atoms with Gasteiger partial charge in [-0.1, -0.05) is 84.9 Å². The van der Waals surface area contributed by atoms with Crippen LogP contribution in [0.4, 0.5) is 5.69 Å². The van der Waals surface area contributed by atoms with E-state index in [-0.39, 0.29) is 12.2 Å². The molecule has 3 heterocycles. The van der Waals surface area contributed by atoms with Crippen LogP contribution in [0.25, 0.3) is 49.4 Å². The van der Waals surface area contributed by atoms with E-state index in [1.165, 1.54) is 10.8 Å². The first-order valence-corrected chi connectivity index (χ1v) is 14.8. The van der Waals surface area contributed by atoms with Gasteiger partial charge in [0.05, 0.1) is 34.1 Å². The van der Waals surface area contributed by atoms with Gasteiger partial charge in [-0.05, 0) is 65.2 Å². The monoisotopic (exact) mass is 566 g/mol. The second-order valence-corrected chi connectivity index (χ2v) is 11.4. The van der Waals surface area contributed by atoms with Crippen molar-refractivity contribution in [3.63, 3.8) is 0 Å². The van der Waals surface area contributed by atoms with E-state index in [9.17, 15) is 5.26 Å². The molecule has 0 spiro atoms. The maximum Gasteiger partial charge on any atom is 0.137 e. The van der Waals surface area contributed by atoms with Crippen LogP contribution in [0.1, 0.15) is 34.5 Å². The first kappa shape index (κ1) is 24.7. The van der Waals surface area contributed by atoms with Crippen LogP contribution in [-0.4, -0.2) is 4.57 Å². The molecule has 9 rings (SSSR count). The molecule has 0 saturated carbocycles.